The third kappa shape index (κ3) is 7.86. The summed E-state index contributed by atoms with van der Waals surface area (Å²) in [6.45, 7) is -0.140. The van der Waals surface area contributed by atoms with Gasteiger partial charge in [0.25, 0.3) is 5.89 Å². The molecule has 0 saturated carbocycles. The molecular formula is C30H33N3O8S. The van der Waals surface area contributed by atoms with Crippen LogP contribution in [0.4, 0.5) is 0 Å². The lowest BCUT2D eigenvalue weighted by molar-refractivity contribution is -0.129. The Kier molecular flexibility index (Phi) is 10.5. The first-order chi connectivity index (χ1) is 20.3. The molecule has 1 heterocycles. The number of methoxy groups -OCH3 is 2. The minimum atomic E-state index is -3.99. The summed E-state index contributed by atoms with van der Waals surface area (Å²) in [4.78, 5) is 16.3. The Hall–Kier alpha value is -4.42. The molecule has 0 fully saturated rings. The zero-order valence-corrected chi connectivity index (χ0v) is 24.2. The van der Waals surface area contributed by atoms with E-state index in [9.17, 15) is 13.2 Å². The maximum absolute atomic E-state index is 13.7. The molecule has 11 nitrogen and oxygen atoms in total. The Morgan fingerprint density at radius 2 is 1.74 bits per heavy atom. The van der Waals surface area contributed by atoms with Crippen molar-refractivity contribution in [3.05, 3.63) is 84.3 Å². The van der Waals surface area contributed by atoms with Crippen molar-refractivity contribution >= 4 is 15.7 Å². The number of nitrogens with zero attached hydrogens (tertiary/aromatic N) is 2. The Bertz CT molecular complexity index is 1560. The summed E-state index contributed by atoms with van der Waals surface area (Å²) in [6.07, 6.45) is 1.96. The predicted molar refractivity (Wildman–Crippen MR) is 153 cm³/mol. The van der Waals surface area contributed by atoms with E-state index in [4.69, 9.17) is 23.9 Å². The summed E-state index contributed by atoms with van der Waals surface area (Å²) in [5.41, 5.74) is 3.42. The van der Waals surface area contributed by atoms with Crippen LogP contribution in [0.25, 0.3) is 11.4 Å². The van der Waals surface area contributed by atoms with E-state index >= 15 is 0 Å². The van der Waals surface area contributed by atoms with E-state index in [1.54, 1.807) is 36.9 Å². The molecule has 12 heteroatoms. The molecule has 0 aliphatic carbocycles. The van der Waals surface area contributed by atoms with Gasteiger partial charge in [0, 0.05) is 18.1 Å². The number of benzene rings is 3. The maximum atomic E-state index is 13.7. The number of aryl methyl sites for hydroxylation is 1. The van der Waals surface area contributed by atoms with Gasteiger partial charge in [-0.15, -0.1) is 0 Å². The van der Waals surface area contributed by atoms with Crippen molar-refractivity contribution in [2.75, 3.05) is 14.2 Å². The van der Waals surface area contributed by atoms with E-state index in [0.29, 0.717) is 23.7 Å². The second-order valence-electron chi connectivity index (χ2n) is 9.48. The van der Waals surface area contributed by atoms with Gasteiger partial charge < -0.3 is 18.7 Å². The lowest BCUT2D eigenvalue weighted by atomic mass is 10.1. The number of hydroxylamine groups is 1. The number of rotatable bonds is 15. The third-order valence-corrected chi connectivity index (χ3v) is 8.88. The number of ether oxygens (including phenoxy) is 3. The van der Waals surface area contributed by atoms with Gasteiger partial charge in [0.15, 0.2) is 27.9 Å². The van der Waals surface area contributed by atoms with Crippen LogP contribution in [0, 0.1) is 0 Å². The Balaban J connectivity index is 1.47. The number of nitrogens with one attached hydrogen (secondary N) is 1. The van der Waals surface area contributed by atoms with Crippen molar-refractivity contribution in [2.45, 2.75) is 48.9 Å². The SMILES string of the molecule is COc1ccc(-c2noc(COc3cc(S(=O)(=O)C(CCCCc4ccccc4)CC(=O)NO)ccc3OC)n2)cc1. The number of hydrogen-bond donors (Lipinski definition) is 2. The van der Waals surface area contributed by atoms with Crippen molar-refractivity contribution in [3.8, 4) is 28.6 Å². The highest BCUT2D eigenvalue weighted by Crippen LogP contribution is 2.33. The molecule has 4 rings (SSSR count). The van der Waals surface area contributed by atoms with E-state index in [1.165, 1.54) is 25.3 Å². The third-order valence-electron chi connectivity index (χ3n) is 6.69. The summed E-state index contributed by atoms with van der Waals surface area (Å²) in [5, 5.41) is 12.0. The molecule has 4 aromatic rings. The van der Waals surface area contributed by atoms with Crippen LogP contribution in [0.15, 0.2) is 82.2 Å². The molecule has 0 radical (unpaired) electrons. The van der Waals surface area contributed by atoms with Gasteiger partial charge in [0.2, 0.25) is 11.7 Å². The van der Waals surface area contributed by atoms with Gasteiger partial charge in [-0.3, -0.25) is 10.0 Å². The van der Waals surface area contributed by atoms with Crippen LogP contribution < -0.4 is 19.7 Å². The Morgan fingerprint density at radius 1 is 0.976 bits per heavy atom. The summed E-state index contributed by atoms with van der Waals surface area (Å²) in [5.74, 6) is 0.900. The number of amides is 1. The molecular weight excluding hydrogens is 562 g/mol. The fraction of sp³-hybridized carbons (Fsp3) is 0.300. The monoisotopic (exact) mass is 595 g/mol. The smallest absolute Gasteiger partial charge is 0.264 e. The average molecular weight is 596 g/mol. The van der Waals surface area contributed by atoms with Crippen molar-refractivity contribution in [2.24, 2.45) is 0 Å². The fourth-order valence-corrected chi connectivity index (χ4v) is 6.18. The number of sulfone groups is 1. The van der Waals surface area contributed by atoms with Crippen LogP contribution in [0.5, 0.6) is 17.2 Å². The van der Waals surface area contributed by atoms with Crippen LogP contribution in [0.2, 0.25) is 0 Å². The molecule has 1 unspecified atom stereocenters. The van der Waals surface area contributed by atoms with Gasteiger partial charge in [0.1, 0.15) is 5.75 Å². The van der Waals surface area contributed by atoms with E-state index < -0.39 is 21.0 Å². The highest BCUT2D eigenvalue weighted by molar-refractivity contribution is 7.92. The number of unbranched alkanes of at least 4 members (excludes halogenated alkanes) is 1. The number of carbonyl (C=O) groups excluding carboxylic acids is 1. The standard InChI is InChI=1S/C30H33N3O8S/c1-38-23-14-12-22(13-15-23)30-31-29(41-33-30)20-40-27-18-25(16-17-26(27)39-2)42(36,37)24(19-28(34)32-35)11-7-6-10-21-8-4-3-5-9-21/h3-5,8-9,12-18,24,35H,6-7,10-11,19-20H2,1-2H3,(H,32,34). The second-order valence-corrected chi connectivity index (χ2v) is 11.7. The van der Waals surface area contributed by atoms with E-state index in [0.717, 1.165) is 24.0 Å². The van der Waals surface area contributed by atoms with Crippen molar-refractivity contribution in [1.29, 1.82) is 0 Å². The molecule has 1 atom stereocenters. The van der Waals surface area contributed by atoms with Crippen molar-refractivity contribution in [3.63, 3.8) is 0 Å². The molecule has 0 saturated heterocycles. The molecule has 222 valence electrons. The highest BCUT2D eigenvalue weighted by atomic mass is 32.2. The van der Waals surface area contributed by atoms with Crippen LogP contribution in [0.3, 0.4) is 0 Å². The molecule has 1 amide bonds. The predicted octanol–water partition coefficient (Wildman–Crippen LogP) is 4.78. The quantitative estimate of drug-likeness (QED) is 0.112. The number of aromatic nitrogens is 2. The van der Waals surface area contributed by atoms with Gasteiger partial charge in [-0.2, -0.15) is 4.98 Å². The molecule has 42 heavy (non-hydrogen) atoms. The van der Waals surface area contributed by atoms with Gasteiger partial charge in [-0.1, -0.05) is 41.9 Å². The summed E-state index contributed by atoms with van der Waals surface area (Å²) in [6, 6.07) is 21.3. The molecule has 1 aromatic heterocycles. The first-order valence-electron chi connectivity index (χ1n) is 13.3. The minimum absolute atomic E-state index is 0.0402. The van der Waals surface area contributed by atoms with Gasteiger partial charge in [0.05, 0.1) is 24.4 Å². The molecule has 2 N–H and O–H groups in total. The molecule has 0 bridgehead atoms. The molecule has 3 aromatic carbocycles. The second kappa shape index (κ2) is 14.5. The van der Waals surface area contributed by atoms with Crippen molar-refractivity contribution < 1.29 is 37.2 Å². The van der Waals surface area contributed by atoms with Gasteiger partial charge in [-0.05, 0) is 61.2 Å². The summed E-state index contributed by atoms with van der Waals surface area (Å²) < 4.78 is 49.0. The molecule has 0 aliphatic rings. The number of carbonyl (C=O) groups is 1. The minimum Gasteiger partial charge on any atom is -0.497 e. The zero-order valence-electron chi connectivity index (χ0n) is 23.4. The lowest BCUT2D eigenvalue weighted by Gasteiger charge is -2.18. The van der Waals surface area contributed by atoms with Crippen LogP contribution in [-0.4, -0.2) is 49.1 Å². The van der Waals surface area contributed by atoms with Crippen LogP contribution in [-0.2, 0) is 27.7 Å². The van der Waals surface area contributed by atoms with Crippen molar-refractivity contribution in [1.82, 2.24) is 15.6 Å². The molecule has 0 spiro atoms. The molecule has 0 aliphatic heterocycles. The van der Waals surface area contributed by atoms with Gasteiger partial charge >= 0.3 is 0 Å². The van der Waals surface area contributed by atoms with E-state index in [1.807, 2.05) is 30.3 Å². The van der Waals surface area contributed by atoms with Crippen LogP contribution >= 0.6 is 0 Å². The Labute approximate surface area is 244 Å². The summed E-state index contributed by atoms with van der Waals surface area (Å²) >= 11 is 0. The van der Waals surface area contributed by atoms with E-state index in [-0.39, 0.29) is 36.0 Å². The normalized spacial score (nSPS) is 12.0. The zero-order chi connectivity index (χ0) is 30.0. The van der Waals surface area contributed by atoms with Gasteiger partial charge in [-0.25, -0.2) is 13.9 Å². The number of hydrogen-bond acceptors (Lipinski definition) is 10. The fourth-order valence-electron chi connectivity index (χ4n) is 4.41. The largest absolute Gasteiger partial charge is 0.497 e. The average Bonchev–Trinajstić information content (AvgIpc) is 3.50. The lowest BCUT2D eigenvalue weighted by Crippen LogP contribution is -2.30. The first-order valence-corrected chi connectivity index (χ1v) is 14.9. The van der Waals surface area contributed by atoms with Crippen LogP contribution in [0.1, 0.15) is 37.1 Å². The topological polar surface area (TPSA) is 150 Å². The first kappa shape index (κ1) is 30.5. The Morgan fingerprint density at radius 3 is 2.43 bits per heavy atom. The van der Waals surface area contributed by atoms with E-state index in [2.05, 4.69) is 10.1 Å². The highest BCUT2D eigenvalue weighted by Gasteiger charge is 2.30. The maximum Gasteiger partial charge on any atom is 0.264 e. The summed E-state index contributed by atoms with van der Waals surface area (Å²) in [7, 11) is -0.976.